The molecule has 0 fully saturated rings. The van der Waals surface area contributed by atoms with Gasteiger partial charge in [0.05, 0.1) is 4.92 Å². The summed E-state index contributed by atoms with van der Waals surface area (Å²) in [6, 6.07) is 12.7. The number of hydrogen-bond acceptors (Lipinski definition) is 6. The van der Waals surface area contributed by atoms with E-state index in [1.54, 1.807) is 24.3 Å². The van der Waals surface area contributed by atoms with Gasteiger partial charge in [0.2, 0.25) is 5.95 Å². The molecular weight excluding hydrogens is 382 g/mol. The van der Waals surface area contributed by atoms with Gasteiger partial charge in [0.1, 0.15) is 5.02 Å². The Morgan fingerprint density at radius 3 is 2.21 bits per heavy atom. The van der Waals surface area contributed by atoms with Crippen molar-refractivity contribution in [3.8, 4) is 0 Å². The van der Waals surface area contributed by atoms with E-state index in [4.69, 9.17) is 11.6 Å². The van der Waals surface area contributed by atoms with Gasteiger partial charge in [-0.2, -0.15) is 0 Å². The molecule has 2 aromatic carbocycles. The molecule has 0 radical (unpaired) electrons. The second kappa shape index (κ2) is 8.01. The summed E-state index contributed by atoms with van der Waals surface area (Å²) in [6.07, 6.45) is 0. The van der Waals surface area contributed by atoms with Crippen molar-refractivity contribution in [2.24, 2.45) is 0 Å². The van der Waals surface area contributed by atoms with E-state index in [-0.39, 0.29) is 16.3 Å². The highest BCUT2D eigenvalue weighted by atomic mass is 35.5. The summed E-state index contributed by atoms with van der Waals surface area (Å²) in [5, 5.41) is 16.7. The van der Waals surface area contributed by atoms with Crippen LogP contribution < -0.4 is 10.6 Å². The zero-order chi connectivity index (χ0) is 20.3. The minimum atomic E-state index is -0.630. The van der Waals surface area contributed by atoms with Crippen molar-refractivity contribution in [2.45, 2.75) is 13.8 Å². The molecule has 0 saturated carbocycles. The van der Waals surface area contributed by atoms with Gasteiger partial charge in [0.25, 0.3) is 11.6 Å². The molecule has 0 bridgehead atoms. The summed E-state index contributed by atoms with van der Waals surface area (Å²) in [5.41, 5.74) is 2.83. The first-order valence-electron chi connectivity index (χ1n) is 8.26. The van der Waals surface area contributed by atoms with Crippen LogP contribution in [0.2, 0.25) is 5.02 Å². The smallest absolute Gasteiger partial charge is 0.288 e. The first-order chi connectivity index (χ1) is 13.3. The second-order valence-electron chi connectivity index (χ2n) is 6.05. The number of nitro benzene ring substituents is 1. The fraction of sp³-hybridized carbons (Fsp3) is 0.105. The zero-order valence-corrected chi connectivity index (χ0v) is 15.8. The minimum Gasteiger partial charge on any atom is -0.324 e. The average molecular weight is 398 g/mol. The Morgan fingerprint density at radius 1 is 1.00 bits per heavy atom. The predicted octanol–water partition coefficient (Wildman–Crippen LogP) is 4.65. The topological polar surface area (TPSA) is 110 Å². The molecule has 142 valence electrons. The number of halogens is 1. The van der Waals surface area contributed by atoms with Crippen LogP contribution in [0, 0.1) is 24.0 Å². The first kappa shape index (κ1) is 19.2. The molecule has 0 spiro atoms. The van der Waals surface area contributed by atoms with E-state index in [9.17, 15) is 14.9 Å². The van der Waals surface area contributed by atoms with E-state index in [0.29, 0.717) is 11.6 Å². The third kappa shape index (κ3) is 4.60. The summed E-state index contributed by atoms with van der Waals surface area (Å²) in [4.78, 5) is 31.3. The molecule has 3 rings (SSSR count). The number of carbonyl (C=O) groups excluding carboxylic acids is 1. The van der Waals surface area contributed by atoms with Crippen molar-refractivity contribution in [3.05, 3.63) is 80.6 Å². The molecular formula is C19H16ClN5O3. The monoisotopic (exact) mass is 397 g/mol. The Bertz CT molecular complexity index is 1030. The number of hydrogen-bond donors (Lipinski definition) is 2. The molecule has 0 aliphatic rings. The van der Waals surface area contributed by atoms with Gasteiger partial charge in [-0.1, -0.05) is 11.6 Å². The molecule has 1 heterocycles. The van der Waals surface area contributed by atoms with Gasteiger partial charge < -0.3 is 10.6 Å². The Morgan fingerprint density at radius 2 is 1.61 bits per heavy atom. The van der Waals surface area contributed by atoms with Crippen LogP contribution in [-0.2, 0) is 0 Å². The van der Waals surface area contributed by atoms with E-state index in [2.05, 4.69) is 20.6 Å². The lowest BCUT2D eigenvalue weighted by molar-refractivity contribution is -0.384. The van der Waals surface area contributed by atoms with Crippen LogP contribution >= 0.6 is 11.6 Å². The van der Waals surface area contributed by atoms with Crippen LogP contribution in [0.1, 0.15) is 21.7 Å². The lowest BCUT2D eigenvalue weighted by atomic mass is 10.2. The van der Waals surface area contributed by atoms with Crippen LogP contribution in [0.3, 0.4) is 0 Å². The van der Waals surface area contributed by atoms with Crippen molar-refractivity contribution in [1.82, 2.24) is 9.97 Å². The van der Waals surface area contributed by atoms with Gasteiger partial charge in [0, 0.05) is 34.4 Å². The highest BCUT2D eigenvalue weighted by Gasteiger charge is 2.16. The fourth-order valence-electron chi connectivity index (χ4n) is 2.54. The fourth-order valence-corrected chi connectivity index (χ4v) is 2.73. The van der Waals surface area contributed by atoms with E-state index < -0.39 is 10.8 Å². The zero-order valence-electron chi connectivity index (χ0n) is 15.1. The lowest BCUT2D eigenvalue weighted by Gasteiger charge is -2.09. The Hall–Kier alpha value is -3.52. The van der Waals surface area contributed by atoms with Gasteiger partial charge in [-0.3, -0.25) is 14.9 Å². The van der Waals surface area contributed by atoms with Gasteiger partial charge in [-0.25, -0.2) is 9.97 Å². The third-order valence-corrected chi connectivity index (χ3v) is 4.11. The summed E-state index contributed by atoms with van der Waals surface area (Å²) in [5.74, 6) is 0.0147. The number of aromatic nitrogens is 2. The highest BCUT2D eigenvalue weighted by Crippen LogP contribution is 2.25. The van der Waals surface area contributed by atoms with E-state index in [1.165, 1.54) is 12.1 Å². The predicted molar refractivity (Wildman–Crippen MR) is 107 cm³/mol. The SMILES string of the molecule is Cc1cc(C)nc(Nc2ccc(NC(=O)c3ccc(Cl)c([N+](=O)[O-])c3)cc2)n1. The van der Waals surface area contributed by atoms with Gasteiger partial charge in [-0.05, 0) is 56.3 Å². The Kier molecular flexibility index (Phi) is 5.51. The minimum absolute atomic E-state index is 0.0226. The third-order valence-electron chi connectivity index (χ3n) is 3.79. The molecule has 0 aliphatic heterocycles. The number of anilines is 3. The van der Waals surface area contributed by atoms with Crippen molar-refractivity contribution < 1.29 is 9.72 Å². The molecule has 0 unspecified atom stereocenters. The lowest BCUT2D eigenvalue weighted by Crippen LogP contribution is -2.12. The van der Waals surface area contributed by atoms with E-state index in [0.717, 1.165) is 23.1 Å². The molecule has 0 atom stereocenters. The van der Waals surface area contributed by atoms with Gasteiger partial charge in [0.15, 0.2) is 0 Å². The van der Waals surface area contributed by atoms with Gasteiger partial charge in [-0.15, -0.1) is 0 Å². The number of amides is 1. The highest BCUT2D eigenvalue weighted by molar-refractivity contribution is 6.32. The largest absolute Gasteiger partial charge is 0.324 e. The maximum absolute atomic E-state index is 12.3. The summed E-state index contributed by atoms with van der Waals surface area (Å²) in [7, 11) is 0. The molecule has 0 aliphatic carbocycles. The maximum Gasteiger partial charge on any atom is 0.288 e. The molecule has 3 aromatic rings. The second-order valence-corrected chi connectivity index (χ2v) is 6.46. The molecule has 28 heavy (non-hydrogen) atoms. The Balaban J connectivity index is 1.71. The molecule has 2 N–H and O–H groups in total. The molecule has 0 saturated heterocycles. The summed E-state index contributed by atoms with van der Waals surface area (Å²) >= 11 is 5.77. The first-order valence-corrected chi connectivity index (χ1v) is 8.64. The quantitative estimate of drug-likeness (QED) is 0.479. The summed E-state index contributed by atoms with van der Waals surface area (Å²) in [6.45, 7) is 3.78. The number of nitro groups is 1. The number of aryl methyl sites for hydroxylation is 2. The number of benzene rings is 2. The van der Waals surface area contributed by atoms with E-state index >= 15 is 0 Å². The van der Waals surface area contributed by atoms with E-state index in [1.807, 2.05) is 19.9 Å². The van der Waals surface area contributed by atoms with Crippen molar-refractivity contribution >= 4 is 40.5 Å². The van der Waals surface area contributed by atoms with Crippen LogP contribution in [0.15, 0.2) is 48.5 Å². The molecule has 8 nitrogen and oxygen atoms in total. The normalized spacial score (nSPS) is 10.4. The average Bonchev–Trinajstić information content (AvgIpc) is 2.62. The van der Waals surface area contributed by atoms with Crippen LogP contribution in [-0.4, -0.2) is 20.8 Å². The molecule has 1 aromatic heterocycles. The van der Waals surface area contributed by atoms with Crippen LogP contribution in [0.4, 0.5) is 23.0 Å². The number of nitrogens with zero attached hydrogens (tertiary/aromatic N) is 3. The maximum atomic E-state index is 12.3. The molecule has 1 amide bonds. The van der Waals surface area contributed by atoms with Crippen molar-refractivity contribution in [3.63, 3.8) is 0 Å². The Labute approximate surface area is 165 Å². The van der Waals surface area contributed by atoms with Crippen molar-refractivity contribution in [2.75, 3.05) is 10.6 Å². The summed E-state index contributed by atoms with van der Waals surface area (Å²) < 4.78 is 0. The molecule has 9 heteroatoms. The van der Waals surface area contributed by atoms with Crippen molar-refractivity contribution in [1.29, 1.82) is 0 Å². The standard InChI is InChI=1S/C19H16ClN5O3/c1-11-9-12(2)22-19(21-11)24-15-6-4-14(5-7-15)23-18(26)13-3-8-16(20)17(10-13)25(27)28/h3-10H,1-2H3,(H,23,26)(H,21,22,24). The number of nitrogens with one attached hydrogen (secondary N) is 2. The van der Waals surface area contributed by atoms with Crippen LogP contribution in [0.25, 0.3) is 0 Å². The van der Waals surface area contributed by atoms with Crippen LogP contribution in [0.5, 0.6) is 0 Å². The number of rotatable bonds is 5. The number of carbonyl (C=O) groups is 1. The van der Waals surface area contributed by atoms with Gasteiger partial charge >= 0.3 is 0 Å².